The van der Waals surface area contributed by atoms with E-state index in [0.29, 0.717) is 11.5 Å². The summed E-state index contributed by atoms with van der Waals surface area (Å²) in [5.74, 6) is 0.472. The van der Waals surface area contributed by atoms with Crippen LogP contribution in [0.5, 0.6) is 0 Å². The lowest BCUT2D eigenvalue weighted by atomic mass is 10.1. The SMILES string of the molecule is COCC(C)CNc1ccc(C#N)cc1C. The van der Waals surface area contributed by atoms with Crippen LogP contribution in [0, 0.1) is 24.2 Å². The molecule has 0 heterocycles. The Hall–Kier alpha value is -1.53. The molecular weight excluding hydrogens is 200 g/mol. The van der Waals surface area contributed by atoms with Crippen molar-refractivity contribution in [2.75, 3.05) is 25.6 Å². The maximum absolute atomic E-state index is 8.75. The predicted octanol–water partition coefficient (Wildman–Crippen LogP) is 2.56. The number of nitrogens with zero attached hydrogens (tertiary/aromatic N) is 1. The number of rotatable bonds is 5. The summed E-state index contributed by atoms with van der Waals surface area (Å²) >= 11 is 0. The smallest absolute Gasteiger partial charge is 0.0991 e. The number of anilines is 1. The van der Waals surface area contributed by atoms with E-state index >= 15 is 0 Å². The Labute approximate surface area is 97.0 Å². The van der Waals surface area contributed by atoms with Gasteiger partial charge in [-0.05, 0) is 36.6 Å². The maximum Gasteiger partial charge on any atom is 0.0991 e. The Balaban J connectivity index is 2.58. The summed E-state index contributed by atoms with van der Waals surface area (Å²) in [6.07, 6.45) is 0. The Morgan fingerprint density at radius 1 is 1.50 bits per heavy atom. The van der Waals surface area contributed by atoms with Crippen LogP contribution in [0.25, 0.3) is 0 Å². The molecule has 0 saturated carbocycles. The fourth-order valence-electron chi connectivity index (χ4n) is 1.56. The summed E-state index contributed by atoms with van der Waals surface area (Å²) in [7, 11) is 1.71. The van der Waals surface area contributed by atoms with Gasteiger partial charge in [0.05, 0.1) is 18.2 Å². The van der Waals surface area contributed by atoms with Gasteiger partial charge in [0.2, 0.25) is 0 Å². The number of nitrogens with one attached hydrogen (secondary N) is 1. The zero-order valence-corrected chi connectivity index (χ0v) is 10.1. The molecule has 0 amide bonds. The quantitative estimate of drug-likeness (QED) is 0.826. The fraction of sp³-hybridized carbons (Fsp3) is 0.462. The molecule has 16 heavy (non-hydrogen) atoms. The lowest BCUT2D eigenvalue weighted by molar-refractivity contribution is 0.164. The molecule has 1 rings (SSSR count). The molecule has 0 aliphatic carbocycles. The van der Waals surface area contributed by atoms with Gasteiger partial charge in [-0.2, -0.15) is 5.26 Å². The summed E-state index contributed by atoms with van der Waals surface area (Å²) in [6.45, 7) is 5.77. The van der Waals surface area contributed by atoms with E-state index < -0.39 is 0 Å². The fourth-order valence-corrected chi connectivity index (χ4v) is 1.56. The third kappa shape index (κ3) is 3.56. The molecule has 1 atom stereocenters. The molecule has 0 spiro atoms. The first-order valence-corrected chi connectivity index (χ1v) is 5.41. The van der Waals surface area contributed by atoms with Crippen molar-refractivity contribution in [1.29, 1.82) is 5.26 Å². The first-order chi connectivity index (χ1) is 7.67. The topological polar surface area (TPSA) is 45.0 Å². The van der Waals surface area contributed by atoms with Gasteiger partial charge in [0.25, 0.3) is 0 Å². The third-order valence-electron chi connectivity index (χ3n) is 2.45. The summed E-state index contributed by atoms with van der Waals surface area (Å²) < 4.78 is 5.08. The Bertz CT molecular complexity index is 382. The number of methoxy groups -OCH3 is 1. The Kier molecular flexibility index (Phi) is 4.81. The maximum atomic E-state index is 8.75. The molecule has 0 aliphatic heterocycles. The molecule has 0 fully saturated rings. The van der Waals surface area contributed by atoms with Gasteiger partial charge in [-0.3, -0.25) is 0 Å². The Morgan fingerprint density at radius 2 is 2.25 bits per heavy atom. The van der Waals surface area contributed by atoms with Crippen molar-refractivity contribution in [1.82, 2.24) is 0 Å². The minimum Gasteiger partial charge on any atom is -0.384 e. The minimum atomic E-state index is 0.472. The van der Waals surface area contributed by atoms with Crippen LogP contribution in [-0.4, -0.2) is 20.3 Å². The highest BCUT2D eigenvalue weighted by Gasteiger charge is 2.03. The molecule has 86 valence electrons. The molecule has 3 nitrogen and oxygen atoms in total. The Morgan fingerprint density at radius 3 is 2.81 bits per heavy atom. The first-order valence-electron chi connectivity index (χ1n) is 5.41. The largest absolute Gasteiger partial charge is 0.384 e. The normalized spacial score (nSPS) is 11.9. The van der Waals surface area contributed by atoms with Gasteiger partial charge in [-0.25, -0.2) is 0 Å². The van der Waals surface area contributed by atoms with Gasteiger partial charge < -0.3 is 10.1 Å². The number of hydrogen-bond donors (Lipinski definition) is 1. The lowest BCUT2D eigenvalue weighted by Crippen LogP contribution is -2.16. The number of benzene rings is 1. The van der Waals surface area contributed by atoms with Crippen LogP contribution in [0.3, 0.4) is 0 Å². The second-order valence-corrected chi connectivity index (χ2v) is 4.08. The molecular formula is C13H18N2O. The zero-order valence-electron chi connectivity index (χ0n) is 10.1. The molecule has 0 radical (unpaired) electrons. The van der Waals surface area contributed by atoms with Crippen LogP contribution in [-0.2, 0) is 4.74 Å². The van der Waals surface area contributed by atoms with E-state index in [2.05, 4.69) is 18.3 Å². The first kappa shape index (κ1) is 12.5. The van der Waals surface area contributed by atoms with Gasteiger partial charge >= 0.3 is 0 Å². The lowest BCUT2D eigenvalue weighted by Gasteiger charge is -2.14. The molecule has 1 N–H and O–H groups in total. The molecule has 3 heteroatoms. The van der Waals surface area contributed by atoms with E-state index in [4.69, 9.17) is 10.00 Å². The molecule has 0 saturated heterocycles. The highest BCUT2D eigenvalue weighted by molar-refractivity contribution is 5.54. The minimum absolute atomic E-state index is 0.472. The van der Waals surface area contributed by atoms with E-state index in [1.54, 1.807) is 7.11 Å². The average Bonchev–Trinajstić information content (AvgIpc) is 2.27. The number of hydrogen-bond acceptors (Lipinski definition) is 3. The zero-order chi connectivity index (χ0) is 12.0. The summed E-state index contributed by atoms with van der Waals surface area (Å²) in [4.78, 5) is 0. The summed E-state index contributed by atoms with van der Waals surface area (Å²) in [6, 6.07) is 7.81. The van der Waals surface area contributed by atoms with Crippen molar-refractivity contribution in [3.05, 3.63) is 29.3 Å². The van der Waals surface area contributed by atoms with Gasteiger partial charge in [-0.1, -0.05) is 6.92 Å². The van der Waals surface area contributed by atoms with Gasteiger partial charge in [0, 0.05) is 19.3 Å². The van der Waals surface area contributed by atoms with Crippen LogP contribution in [0.1, 0.15) is 18.1 Å². The van der Waals surface area contributed by atoms with Crippen LogP contribution in [0.15, 0.2) is 18.2 Å². The number of ether oxygens (including phenoxy) is 1. The van der Waals surface area contributed by atoms with Gasteiger partial charge in [0.15, 0.2) is 0 Å². The van der Waals surface area contributed by atoms with Crippen molar-refractivity contribution in [3.8, 4) is 6.07 Å². The van der Waals surface area contributed by atoms with Crippen molar-refractivity contribution in [3.63, 3.8) is 0 Å². The highest BCUT2D eigenvalue weighted by atomic mass is 16.5. The second kappa shape index (κ2) is 6.14. The summed E-state index contributed by atoms with van der Waals surface area (Å²) in [5.41, 5.74) is 2.89. The molecule has 1 aromatic carbocycles. The van der Waals surface area contributed by atoms with Crippen LogP contribution < -0.4 is 5.32 Å². The van der Waals surface area contributed by atoms with E-state index in [9.17, 15) is 0 Å². The number of nitriles is 1. The van der Waals surface area contributed by atoms with Gasteiger partial charge in [-0.15, -0.1) is 0 Å². The second-order valence-electron chi connectivity index (χ2n) is 4.08. The van der Waals surface area contributed by atoms with Crippen molar-refractivity contribution in [2.24, 2.45) is 5.92 Å². The van der Waals surface area contributed by atoms with Gasteiger partial charge in [0.1, 0.15) is 0 Å². The predicted molar refractivity (Wildman–Crippen MR) is 65.4 cm³/mol. The highest BCUT2D eigenvalue weighted by Crippen LogP contribution is 2.16. The molecule has 0 aromatic heterocycles. The van der Waals surface area contributed by atoms with Crippen molar-refractivity contribution < 1.29 is 4.74 Å². The third-order valence-corrected chi connectivity index (χ3v) is 2.45. The van der Waals surface area contributed by atoms with Crippen molar-refractivity contribution in [2.45, 2.75) is 13.8 Å². The van der Waals surface area contributed by atoms with Crippen molar-refractivity contribution >= 4 is 5.69 Å². The van der Waals surface area contributed by atoms with Crippen LogP contribution in [0.2, 0.25) is 0 Å². The summed E-state index contributed by atoms with van der Waals surface area (Å²) in [5, 5.41) is 12.1. The van der Waals surface area contributed by atoms with E-state index in [1.165, 1.54) is 0 Å². The molecule has 1 aromatic rings. The standard InChI is InChI=1S/C13H18N2O/c1-10(9-16-3)8-15-13-5-4-12(7-14)6-11(13)2/h4-6,10,15H,8-9H2,1-3H3. The van der Waals surface area contributed by atoms with Crippen LogP contribution in [0.4, 0.5) is 5.69 Å². The van der Waals surface area contributed by atoms with E-state index in [-0.39, 0.29) is 0 Å². The monoisotopic (exact) mass is 218 g/mol. The number of aryl methyl sites for hydroxylation is 1. The van der Waals surface area contributed by atoms with E-state index in [0.717, 1.165) is 24.4 Å². The molecule has 0 aliphatic rings. The van der Waals surface area contributed by atoms with Crippen LogP contribution >= 0.6 is 0 Å². The average molecular weight is 218 g/mol. The van der Waals surface area contributed by atoms with E-state index in [1.807, 2.05) is 25.1 Å². The molecule has 1 unspecified atom stereocenters. The molecule has 0 bridgehead atoms.